The number of ether oxygens (including phenoxy) is 1. The van der Waals surface area contributed by atoms with E-state index in [0.29, 0.717) is 51.0 Å². The number of benzene rings is 2. The smallest absolute Gasteiger partial charge is 0.257 e. The van der Waals surface area contributed by atoms with Gasteiger partial charge in [-0.05, 0) is 63.0 Å². The van der Waals surface area contributed by atoms with Crippen LogP contribution >= 0.6 is 0 Å². The number of aromatic nitrogens is 5. The Bertz CT molecular complexity index is 1590. The van der Waals surface area contributed by atoms with E-state index in [1.54, 1.807) is 48.8 Å². The summed E-state index contributed by atoms with van der Waals surface area (Å²) >= 11 is 0. The molecule has 11 heteroatoms. The van der Waals surface area contributed by atoms with Crippen molar-refractivity contribution in [3.8, 4) is 16.9 Å². The number of rotatable bonds is 9. The van der Waals surface area contributed by atoms with Gasteiger partial charge in [0.1, 0.15) is 30.5 Å². The molecule has 3 heterocycles. The molecular weight excluding hydrogens is 495 g/mol. The molecule has 2 aromatic carbocycles. The van der Waals surface area contributed by atoms with Gasteiger partial charge in [0.2, 0.25) is 0 Å². The van der Waals surface area contributed by atoms with Crippen molar-refractivity contribution < 1.29 is 17.9 Å². The zero-order chi connectivity index (χ0) is 26.8. The van der Waals surface area contributed by atoms with Crippen LogP contribution in [0.4, 0.5) is 24.7 Å². The van der Waals surface area contributed by atoms with Crippen molar-refractivity contribution in [2.75, 3.05) is 26.0 Å². The summed E-state index contributed by atoms with van der Waals surface area (Å²) in [5.74, 6) is 0.387. The Kier molecular flexibility index (Phi) is 7.10. The van der Waals surface area contributed by atoms with E-state index in [9.17, 15) is 8.78 Å². The Balaban J connectivity index is 1.60. The lowest BCUT2D eigenvalue weighted by Gasteiger charge is -2.21. The largest absolute Gasteiger partial charge is 0.489 e. The van der Waals surface area contributed by atoms with E-state index in [2.05, 4.69) is 25.4 Å². The molecule has 0 amide bonds. The van der Waals surface area contributed by atoms with Crippen molar-refractivity contribution in [3.05, 3.63) is 67.1 Å². The highest BCUT2D eigenvalue weighted by Gasteiger charge is 2.18. The quantitative estimate of drug-likeness (QED) is 0.274. The molecule has 1 N–H and O–H groups in total. The Labute approximate surface area is 217 Å². The molecule has 0 bridgehead atoms. The number of nitrogens with zero attached hydrogens (tertiary/aromatic N) is 6. The summed E-state index contributed by atoms with van der Waals surface area (Å²) in [5.41, 5.74) is 2.64. The van der Waals surface area contributed by atoms with Crippen LogP contribution in [0.3, 0.4) is 0 Å². The molecule has 196 valence electrons. The van der Waals surface area contributed by atoms with E-state index in [-0.39, 0.29) is 11.8 Å². The number of likely N-dealkylation sites (N-methyl/N-ethyl adjacent to an activating group) is 1. The highest BCUT2D eigenvalue weighted by molar-refractivity contribution is 5.99. The van der Waals surface area contributed by atoms with Crippen LogP contribution in [0.15, 0.2) is 61.3 Å². The molecule has 38 heavy (non-hydrogen) atoms. The molecule has 0 radical (unpaired) electrons. The highest BCUT2D eigenvalue weighted by Crippen LogP contribution is 2.37. The van der Waals surface area contributed by atoms with Crippen LogP contribution in [0.2, 0.25) is 0 Å². The lowest BCUT2D eigenvalue weighted by molar-refractivity contribution is 0.122. The van der Waals surface area contributed by atoms with Gasteiger partial charge in [-0.15, -0.1) is 0 Å². The number of alkyl halides is 2. The molecule has 3 aromatic heterocycles. The van der Waals surface area contributed by atoms with E-state index in [1.165, 1.54) is 17.2 Å². The van der Waals surface area contributed by atoms with Crippen LogP contribution in [0.25, 0.3) is 32.9 Å². The van der Waals surface area contributed by atoms with Gasteiger partial charge in [0.15, 0.2) is 5.82 Å². The average Bonchev–Trinajstić information content (AvgIpc) is 3.33. The van der Waals surface area contributed by atoms with E-state index in [4.69, 9.17) is 4.74 Å². The van der Waals surface area contributed by atoms with E-state index >= 15 is 4.39 Å². The second-order valence-electron chi connectivity index (χ2n) is 9.25. The number of hydrogen-bond donors (Lipinski definition) is 1. The number of hydrogen-bond acceptors (Lipinski definition) is 7. The molecule has 1 atom stereocenters. The third kappa shape index (κ3) is 5.37. The molecular formula is C27H26F3N7O. The molecule has 0 aliphatic carbocycles. The van der Waals surface area contributed by atoms with Crippen LogP contribution in [0.1, 0.15) is 6.92 Å². The fourth-order valence-electron chi connectivity index (χ4n) is 4.37. The third-order valence-electron chi connectivity index (χ3n) is 5.92. The molecule has 8 nitrogen and oxygen atoms in total. The van der Waals surface area contributed by atoms with Crippen LogP contribution in [0.5, 0.6) is 5.75 Å². The predicted octanol–water partition coefficient (Wildman–Crippen LogP) is 5.52. The third-order valence-corrected chi connectivity index (χ3v) is 5.92. The minimum absolute atomic E-state index is 0.207. The lowest BCUT2D eigenvalue weighted by atomic mass is 10.1. The average molecular weight is 522 g/mol. The summed E-state index contributed by atoms with van der Waals surface area (Å²) in [6.07, 6.45) is 3.34. The Morgan fingerprint density at radius 3 is 2.68 bits per heavy atom. The monoisotopic (exact) mass is 521 g/mol. The van der Waals surface area contributed by atoms with E-state index < -0.39 is 18.8 Å². The van der Waals surface area contributed by atoms with E-state index in [0.717, 1.165) is 0 Å². The lowest BCUT2D eigenvalue weighted by Crippen LogP contribution is -2.28. The van der Waals surface area contributed by atoms with Crippen molar-refractivity contribution in [2.24, 2.45) is 0 Å². The number of anilines is 2. The van der Waals surface area contributed by atoms with Crippen LogP contribution < -0.4 is 10.1 Å². The second-order valence-corrected chi connectivity index (χ2v) is 9.25. The Hall–Kier alpha value is -4.25. The standard InChI is InChI=1S/C27H26F3N7O/c1-16(12-36(2)3)38-23-10-17(18-11-34-37(13-18)14-24(28)29)9-22-25(23)27(33-15-32-22)35-21-7-6-20-19(26(21)30)5-4-8-31-20/h4-11,13,15-16,24H,12,14H2,1-3H3,(H,32,33,35)/t16-/m1/s1. The summed E-state index contributed by atoms with van der Waals surface area (Å²) in [6, 6.07) is 10.3. The van der Waals surface area contributed by atoms with Gasteiger partial charge >= 0.3 is 0 Å². The SMILES string of the molecule is C[C@H](CN(C)C)Oc1cc(-c2cnn(CC(F)F)c2)cc2ncnc(Nc3ccc4ncccc4c3F)c12. The molecule has 0 fully saturated rings. The predicted molar refractivity (Wildman–Crippen MR) is 140 cm³/mol. The van der Waals surface area contributed by atoms with Gasteiger partial charge in [0.25, 0.3) is 6.43 Å². The summed E-state index contributed by atoms with van der Waals surface area (Å²) in [7, 11) is 3.89. The zero-order valence-corrected chi connectivity index (χ0v) is 21.1. The summed E-state index contributed by atoms with van der Waals surface area (Å²) < 4.78 is 48.6. The molecule has 0 spiro atoms. The topological polar surface area (TPSA) is 81.0 Å². The van der Waals surface area contributed by atoms with Crippen molar-refractivity contribution >= 4 is 33.3 Å². The number of halogens is 3. The van der Waals surface area contributed by atoms with Gasteiger partial charge in [0, 0.05) is 29.9 Å². The second kappa shape index (κ2) is 10.6. The molecule has 5 aromatic rings. The first-order chi connectivity index (χ1) is 18.3. The zero-order valence-electron chi connectivity index (χ0n) is 21.1. The van der Waals surface area contributed by atoms with Crippen LogP contribution in [-0.2, 0) is 6.54 Å². The van der Waals surface area contributed by atoms with Crippen molar-refractivity contribution in [3.63, 3.8) is 0 Å². The van der Waals surface area contributed by atoms with Gasteiger partial charge in [-0.25, -0.2) is 23.1 Å². The first kappa shape index (κ1) is 25.4. The molecule has 5 rings (SSSR count). The minimum Gasteiger partial charge on any atom is -0.489 e. The van der Waals surface area contributed by atoms with Crippen LogP contribution in [-0.4, -0.2) is 62.8 Å². The normalized spacial score (nSPS) is 12.5. The minimum atomic E-state index is -2.52. The van der Waals surface area contributed by atoms with Gasteiger partial charge in [-0.2, -0.15) is 5.10 Å². The fourth-order valence-corrected chi connectivity index (χ4v) is 4.37. The maximum atomic E-state index is 15.3. The first-order valence-corrected chi connectivity index (χ1v) is 12.0. The van der Waals surface area contributed by atoms with Crippen LogP contribution in [0, 0.1) is 5.82 Å². The van der Waals surface area contributed by atoms with Gasteiger partial charge in [-0.1, -0.05) is 0 Å². The van der Waals surface area contributed by atoms with Crippen molar-refractivity contribution in [1.82, 2.24) is 29.6 Å². The Morgan fingerprint density at radius 1 is 1.05 bits per heavy atom. The maximum Gasteiger partial charge on any atom is 0.257 e. The van der Waals surface area contributed by atoms with Crippen molar-refractivity contribution in [1.29, 1.82) is 0 Å². The number of pyridine rings is 1. The molecule has 0 unspecified atom stereocenters. The molecule has 0 saturated carbocycles. The van der Waals surface area contributed by atoms with Crippen molar-refractivity contribution in [2.45, 2.75) is 26.0 Å². The number of nitrogens with one attached hydrogen (secondary N) is 1. The fraction of sp³-hybridized carbons (Fsp3) is 0.259. The van der Waals surface area contributed by atoms with E-state index in [1.807, 2.05) is 25.9 Å². The maximum absolute atomic E-state index is 15.3. The van der Waals surface area contributed by atoms with Gasteiger partial charge < -0.3 is 15.0 Å². The van der Waals surface area contributed by atoms with Gasteiger partial charge in [-0.3, -0.25) is 9.67 Å². The molecule has 0 aliphatic rings. The highest BCUT2D eigenvalue weighted by atomic mass is 19.3. The summed E-state index contributed by atoms with van der Waals surface area (Å²) in [5, 5.41) is 8.10. The number of fused-ring (bicyclic) bond motifs is 2. The summed E-state index contributed by atoms with van der Waals surface area (Å²) in [6.45, 7) is 2.08. The Morgan fingerprint density at radius 2 is 1.89 bits per heavy atom. The molecule has 0 saturated heterocycles. The summed E-state index contributed by atoms with van der Waals surface area (Å²) in [4.78, 5) is 15.0. The first-order valence-electron chi connectivity index (χ1n) is 12.0. The molecule has 0 aliphatic heterocycles. The van der Waals surface area contributed by atoms with Gasteiger partial charge in [0.05, 0.1) is 28.3 Å².